The van der Waals surface area contributed by atoms with Crippen LogP contribution in [0.4, 0.5) is 4.39 Å². The highest BCUT2D eigenvalue weighted by Crippen LogP contribution is 2.29. The van der Waals surface area contributed by atoms with E-state index in [4.69, 9.17) is 4.74 Å². The maximum absolute atomic E-state index is 14.4. The Hall–Kier alpha value is -2.67. The number of methoxy groups -OCH3 is 1. The van der Waals surface area contributed by atoms with Gasteiger partial charge in [-0.2, -0.15) is 0 Å². The number of sulfone groups is 1. The van der Waals surface area contributed by atoms with Crippen LogP contribution >= 0.6 is 0 Å². The SMILES string of the molecule is CCCc1cc2cc(S(C)(=O)=O)ccc2n1-c1cc(C)c(F)c(C(=O)OC)c1. The number of carbonyl (C=O) groups is 1. The van der Waals surface area contributed by atoms with Crippen molar-refractivity contribution in [1.82, 2.24) is 4.57 Å². The number of fused-ring (bicyclic) bond motifs is 1. The van der Waals surface area contributed by atoms with Crippen LogP contribution in [0.2, 0.25) is 0 Å². The van der Waals surface area contributed by atoms with Crippen LogP contribution in [0.25, 0.3) is 16.6 Å². The highest BCUT2D eigenvalue weighted by Gasteiger charge is 2.19. The van der Waals surface area contributed by atoms with Gasteiger partial charge in [-0.3, -0.25) is 0 Å². The highest BCUT2D eigenvalue weighted by atomic mass is 32.2. The third-order valence-electron chi connectivity index (χ3n) is 4.69. The van der Waals surface area contributed by atoms with E-state index >= 15 is 0 Å². The lowest BCUT2D eigenvalue weighted by Gasteiger charge is -2.14. The number of nitrogens with zero attached hydrogens (tertiary/aromatic N) is 1. The highest BCUT2D eigenvalue weighted by molar-refractivity contribution is 7.90. The van der Waals surface area contributed by atoms with Crippen molar-refractivity contribution < 1.29 is 22.3 Å². The number of ether oxygens (including phenoxy) is 1. The first-order valence-corrected chi connectivity index (χ1v) is 10.8. The number of esters is 1. The summed E-state index contributed by atoms with van der Waals surface area (Å²) in [6.45, 7) is 3.64. The Kier molecular flexibility index (Phi) is 5.30. The van der Waals surface area contributed by atoms with Crippen molar-refractivity contribution in [3.63, 3.8) is 0 Å². The Labute approximate surface area is 163 Å². The standard InChI is InChI=1S/C21H22FNO4S/c1-5-6-15-10-14-11-17(28(4,25)26)7-8-19(14)23(15)16-9-13(2)20(22)18(12-16)21(24)27-3/h7-12H,5-6H2,1-4H3. The molecule has 3 rings (SSSR count). The molecule has 0 spiro atoms. The number of halogens is 1. The Bertz CT molecular complexity index is 1180. The van der Waals surface area contributed by atoms with E-state index in [0.717, 1.165) is 29.4 Å². The first-order chi connectivity index (χ1) is 13.2. The summed E-state index contributed by atoms with van der Waals surface area (Å²) >= 11 is 0. The van der Waals surface area contributed by atoms with Crippen molar-refractivity contribution in [2.24, 2.45) is 0 Å². The van der Waals surface area contributed by atoms with E-state index in [1.165, 1.54) is 19.4 Å². The third kappa shape index (κ3) is 3.54. The molecule has 28 heavy (non-hydrogen) atoms. The molecule has 0 fully saturated rings. The molecule has 1 heterocycles. The fraction of sp³-hybridized carbons (Fsp3) is 0.286. The smallest absolute Gasteiger partial charge is 0.340 e. The van der Waals surface area contributed by atoms with Gasteiger partial charge in [-0.25, -0.2) is 17.6 Å². The summed E-state index contributed by atoms with van der Waals surface area (Å²) in [5.74, 6) is -1.35. The van der Waals surface area contributed by atoms with Crippen LogP contribution in [0, 0.1) is 12.7 Å². The van der Waals surface area contributed by atoms with Crippen LogP contribution in [0.5, 0.6) is 0 Å². The average molecular weight is 403 g/mol. The van der Waals surface area contributed by atoms with Gasteiger partial charge in [0.15, 0.2) is 9.84 Å². The fourth-order valence-electron chi connectivity index (χ4n) is 3.36. The van der Waals surface area contributed by atoms with Crippen LogP contribution in [0.15, 0.2) is 41.3 Å². The Morgan fingerprint density at radius 1 is 1.18 bits per heavy atom. The maximum Gasteiger partial charge on any atom is 0.340 e. The van der Waals surface area contributed by atoms with E-state index in [-0.39, 0.29) is 10.5 Å². The van der Waals surface area contributed by atoms with Gasteiger partial charge in [0.2, 0.25) is 0 Å². The molecule has 0 radical (unpaired) electrons. The molecule has 0 bridgehead atoms. The van der Waals surface area contributed by atoms with E-state index in [0.29, 0.717) is 11.3 Å². The van der Waals surface area contributed by atoms with Gasteiger partial charge >= 0.3 is 5.97 Å². The van der Waals surface area contributed by atoms with Crippen molar-refractivity contribution in [3.8, 4) is 5.69 Å². The molecule has 5 nitrogen and oxygen atoms in total. The van der Waals surface area contributed by atoms with Crippen molar-refractivity contribution in [3.05, 3.63) is 59.0 Å². The number of aryl methyl sites for hydroxylation is 2. The van der Waals surface area contributed by atoms with E-state index in [9.17, 15) is 17.6 Å². The van der Waals surface area contributed by atoms with Crippen LogP contribution in [0.3, 0.4) is 0 Å². The fourth-order valence-corrected chi connectivity index (χ4v) is 4.02. The van der Waals surface area contributed by atoms with E-state index in [1.54, 1.807) is 31.2 Å². The minimum atomic E-state index is -3.33. The molecule has 0 unspecified atom stereocenters. The molecule has 148 valence electrons. The van der Waals surface area contributed by atoms with Crippen LogP contribution in [-0.2, 0) is 21.0 Å². The van der Waals surface area contributed by atoms with Crippen LogP contribution < -0.4 is 0 Å². The normalized spacial score (nSPS) is 11.8. The summed E-state index contributed by atoms with van der Waals surface area (Å²) in [7, 11) is -2.12. The predicted octanol–water partition coefficient (Wildman–Crippen LogP) is 4.22. The number of carbonyl (C=O) groups excluding carboxylic acids is 1. The lowest BCUT2D eigenvalue weighted by atomic mass is 10.1. The number of aromatic nitrogens is 1. The van der Waals surface area contributed by atoms with Crippen molar-refractivity contribution in [2.75, 3.05) is 13.4 Å². The number of benzene rings is 2. The van der Waals surface area contributed by atoms with Gasteiger partial charge in [0, 0.05) is 23.0 Å². The molecule has 1 aromatic heterocycles. The van der Waals surface area contributed by atoms with E-state index in [2.05, 4.69) is 0 Å². The van der Waals surface area contributed by atoms with Crippen molar-refractivity contribution in [1.29, 1.82) is 0 Å². The van der Waals surface area contributed by atoms with Gasteiger partial charge in [-0.15, -0.1) is 0 Å². The number of hydrogen-bond donors (Lipinski definition) is 0. The molecule has 2 aromatic carbocycles. The molecule has 0 saturated carbocycles. The second-order valence-corrected chi connectivity index (χ2v) is 8.85. The predicted molar refractivity (Wildman–Crippen MR) is 106 cm³/mol. The van der Waals surface area contributed by atoms with Crippen LogP contribution in [0.1, 0.15) is 35.0 Å². The molecule has 0 aliphatic heterocycles. The topological polar surface area (TPSA) is 65.4 Å². The second kappa shape index (κ2) is 7.39. The van der Waals surface area contributed by atoms with Gasteiger partial charge in [0.1, 0.15) is 5.82 Å². The lowest BCUT2D eigenvalue weighted by Crippen LogP contribution is -2.09. The molecule has 0 amide bonds. The average Bonchev–Trinajstić information content (AvgIpc) is 3.00. The largest absolute Gasteiger partial charge is 0.465 e. The Morgan fingerprint density at radius 3 is 2.50 bits per heavy atom. The zero-order valence-electron chi connectivity index (χ0n) is 16.2. The summed E-state index contributed by atoms with van der Waals surface area (Å²) in [6, 6.07) is 10.0. The quantitative estimate of drug-likeness (QED) is 0.598. The van der Waals surface area contributed by atoms with Gasteiger partial charge in [-0.05, 0) is 55.3 Å². The summed E-state index contributed by atoms with van der Waals surface area (Å²) in [5.41, 5.74) is 2.57. The third-order valence-corrected chi connectivity index (χ3v) is 5.80. The zero-order chi connectivity index (χ0) is 20.6. The van der Waals surface area contributed by atoms with Crippen molar-refractivity contribution >= 4 is 26.7 Å². The summed E-state index contributed by atoms with van der Waals surface area (Å²) in [5, 5.41) is 0.771. The summed E-state index contributed by atoms with van der Waals surface area (Å²) < 4.78 is 44.9. The summed E-state index contributed by atoms with van der Waals surface area (Å²) in [6.07, 6.45) is 2.79. The Morgan fingerprint density at radius 2 is 1.89 bits per heavy atom. The first-order valence-electron chi connectivity index (χ1n) is 8.90. The van der Waals surface area contributed by atoms with Gasteiger partial charge < -0.3 is 9.30 Å². The maximum atomic E-state index is 14.4. The Balaban J connectivity index is 2.31. The van der Waals surface area contributed by atoms with Crippen molar-refractivity contribution in [2.45, 2.75) is 31.6 Å². The molecule has 0 saturated heterocycles. The lowest BCUT2D eigenvalue weighted by molar-refractivity contribution is 0.0595. The van der Waals surface area contributed by atoms with Gasteiger partial charge in [-0.1, -0.05) is 13.3 Å². The van der Waals surface area contributed by atoms with Gasteiger partial charge in [0.25, 0.3) is 0 Å². The number of hydrogen-bond acceptors (Lipinski definition) is 4. The molecule has 0 N–H and O–H groups in total. The molecule has 7 heteroatoms. The number of rotatable bonds is 5. The van der Waals surface area contributed by atoms with E-state index < -0.39 is 21.6 Å². The minimum Gasteiger partial charge on any atom is -0.465 e. The molecular formula is C21H22FNO4S. The molecular weight excluding hydrogens is 381 g/mol. The van der Waals surface area contributed by atoms with Gasteiger partial charge in [0.05, 0.1) is 23.1 Å². The first kappa shape index (κ1) is 20.1. The minimum absolute atomic E-state index is 0.130. The van der Waals surface area contributed by atoms with Crippen LogP contribution in [-0.4, -0.2) is 32.3 Å². The zero-order valence-corrected chi connectivity index (χ0v) is 17.1. The molecule has 0 aliphatic carbocycles. The summed E-state index contributed by atoms with van der Waals surface area (Å²) in [4.78, 5) is 12.2. The second-order valence-electron chi connectivity index (χ2n) is 6.83. The molecule has 3 aromatic rings. The monoisotopic (exact) mass is 403 g/mol. The molecule has 0 aliphatic rings. The molecule has 0 atom stereocenters. The van der Waals surface area contributed by atoms with E-state index in [1.807, 2.05) is 17.6 Å².